The molecular formula is C15H19BO8. The minimum atomic E-state index is -1.21. The van der Waals surface area contributed by atoms with Gasteiger partial charge in [-0.2, -0.15) is 0 Å². The molecule has 1 aromatic carbocycles. The Balaban J connectivity index is 2.19. The fraction of sp³-hybridized carbons (Fsp3) is 0.467. The second-order valence-electron chi connectivity index (χ2n) is 5.25. The predicted octanol–water partition coefficient (Wildman–Crippen LogP) is 1.19. The highest BCUT2D eigenvalue weighted by atomic mass is 16.7. The SMILES string of the molecule is CCOc1ccc2c(c1C(=O)OCOC(=O)C(C)C)OB(O)CO2. The monoisotopic (exact) mass is 338 g/mol. The molecule has 0 amide bonds. The summed E-state index contributed by atoms with van der Waals surface area (Å²) < 4.78 is 25.8. The van der Waals surface area contributed by atoms with Crippen molar-refractivity contribution in [3.63, 3.8) is 0 Å². The van der Waals surface area contributed by atoms with Crippen molar-refractivity contribution < 1.29 is 38.2 Å². The van der Waals surface area contributed by atoms with Crippen molar-refractivity contribution in [3.05, 3.63) is 17.7 Å². The minimum absolute atomic E-state index is 0.0277. The highest BCUT2D eigenvalue weighted by molar-refractivity contribution is 6.44. The van der Waals surface area contributed by atoms with E-state index in [1.807, 2.05) is 0 Å². The maximum atomic E-state index is 12.4. The maximum Gasteiger partial charge on any atom is 0.563 e. The van der Waals surface area contributed by atoms with Crippen LogP contribution in [0.15, 0.2) is 12.1 Å². The number of hydrogen-bond acceptors (Lipinski definition) is 8. The molecule has 1 aromatic rings. The van der Waals surface area contributed by atoms with Crippen LogP contribution in [0, 0.1) is 5.92 Å². The van der Waals surface area contributed by atoms with Crippen LogP contribution < -0.4 is 14.1 Å². The summed E-state index contributed by atoms with van der Waals surface area (Å²) >= 11 is 0. The molecule has 1 aliphatic heterocycles. The number of carbonyl (C=O) groups is 2. The lowest BCUT2D eigenvalue weighted by atomic mass is 9.91. The Morgan fingerprint density at radius 3 is 2.75 bits per heavy atom. The van der Waals surface area contributed by atoms with Gasteiger partial charge in [-0.25, -0.2) is 4.79 Å². The molecule has 130 valence electrons. The third-order valence-corrected chi connectivity index (χ3v) is 3.09. The second-order valence-corrected chi connectivity index (χ2v) is 5.25. The maximum absolute atomic E-state index is 12.4. The van der Waals surface area contributed by atoms with E-state index in [-0.39, 0.29) is 35.2 Å². The molecule has 9 heteroatoms. The summed E-state index contributed by atoms with van der Waals surface area (Å²) in [5.41, 5.74) is -0.0336. The van der Waals surface area contributed by atoms with Gasteiger partial charge in [0.05, 0.1) is 12.5 Å². The summed E-state index contributed by atoms with van der Waals surface area (Å²) in [5, 5.41) is 9.58. The topological polar surface area (TPSA) is 101 Å². The van der Waals surface area contributed by atoms with Crippen molar-refractivity contribution in [3.8, 4) is 17.2 Å². The summed E-state index contributed by atoms with van der Waals surface area (Å²) in [5.74, 6) is -1.11. The van der Waals surface area contributed by atoms with Gasteiger partial charge in [0.25, 0.3) is 0 Å². The number of fused-ring (bicyclic) bond motifs is 1. The van der Waals surface area contributed by atoms with Gasteiger partial charge in [0.15, 0.2) is 11.5 Å². The second kappa shape index (κ2) is 7.91. The van der Waals surface area contributed by atoms with Gasteiger partial charge in [-0.3, -0.25) is 4.79 Å². The van der Waals surface area contributed by atoms with Gasteiger partial charge in [-0.1, -0.05) is 13.8 Å². The molecule has 0 spiro atoms. The van der Waals surface area contributed by atoms with Crippen LogP contribution in [0.5, 0.6) is 17.2 Å². The fourth-order valence-electron chi connectivity index (χ4n) is 1.96. The molecule has 2 rings (SSSR count). The number of hydrogen-bond donors (Lipinski definition) is 1. The van der Waals surface area contributed by atoms with E-state index in [2.05, 4.69) is 0 Å². The average Bonchev–Trinajstić information content (AvgIpc) is 2.54. The molecule has 0 aliphatic carbocycles. The quantitative estimate of drug-likeness (QED) is 0.469. The Morgan fingerprint density at radius 2 is 2.08 bits per heavy atom. The number of ether oxygens (including phenoxy) is 4. The van der Waals surface area contributed by atoms with Crippen molar-refractivity contribution in [2.45, 2.75) is 20.8 Å². The van der Waals surface area contributed by atoms with Crippen molar-refractivity contribution >= 4 is 19.1 Å². The first-order chi connectivity index (χ1) is 11.4. The summed E-state index contributed by atoms with van der Waals surface area (Å²) in [6.07, 6.45) is 0. The molecule has 1 heterocycles. The van der Waals surface area contributed by atoms with Gasteiger partial charge in [0.1, 0.15) is 17.8 Å². The van der Waals surface area contributed by atoms with Gasteiger partial charge < -0.3 is 28.6 Å². The van der Waals surface area contributed by atoms with Crippen LogP contribution in [0.4, 0.5) is 0 Å². The van der Waals surface area contributed by atoms with E-state index in [0.29, 0.717) is 6.61 Å². The van der Waals surface area contributed by atoms with Crippen molar-refractivity contribution in [2.75, 3.05) is 19.9 Å². The first-order valence-corrected chi connectivity index (χ1v) is 7.55. The van der Waals surface area contributed by atoms with Crippen LogP contribution >= 0.6 is 0 Å². The standard InChI is InChI=1S/C15H19BO8/c1-4-20-10-5-6-11-13(24-16(19)7-21-11)12(10)15(18)23-8-22-14(17)9(2)3/h5-6,9,19H,4,7-8H2,1-3H3. The molecule has 1 aliphatic rings. The highest BCUT2D eigenvalue weighted by Gasteiger charge is 2.32. The van der Waals surface area contributed by atoms with Gasteiger partial charge >= 0.3 is 19.1 Å². The minimum Gasteiger partial charge on any atom is -0.531 e. The first-order valence-electron chi connectivity index (χ1n) is 7.55. The largest absolute Gasteiger partial charge is 0.563 e. The third-order valence-electron chi connectivity index (χ3n) is 3.09. The number of rotatable bonds is 6. The molecule has 24 heavy (non-hydrogen) atoms. The van der Waals surface area contributed by atoms with E-state index < -0.39 is 25.8 Å². The summed E-state index contributed by atoms with van der Waals surface area (Å²) in [6, 6.07) is 3.11. The van der Waals surface area contributed by atoms with E-state index in [0.717, 1.165) is 0 Å². The molecule has 0 fully saturated rings. The first kappa shape index (κ1) is 17.9. The normalized spacial score (nSPS) is 12.8. The fourth-order valence-corrected chi connectivity index (χ4v) is 1.96. The average molecular weight is 338 g/mol. The zero-order valence-corrected chi connectivity index (χ0v) is 13.7. The Morgan fingerprint density at radius 1 is 1.33 bits per heavy atom. The lowest BCUT2D eigenvalue weighted by molar-refractivity contribution is -0.155. The molecule has 0 saturated carbocycles. The molecule has 0 radical (unpaired) electrons. The molecule has 0 bridgehead atoms. The molecule has 0 atom stereocenters. The van der Waals surface area contributed by atoms with E-state index in [9.17, 15) is 14.6 Å². The van der Waals surface area contributed by atoms with Crippen molar-refractivity contribution in [1.82, 2.24) is 0 Å². The molecule has 8 nitrogen and oxygen atoms in total. The molecule has 0 aromatic heterocycles. The Labute approximate surface area is 139 Å². The van der Waals surface area contributed by atoms with E-state index in [4.69, 9.17) is 23.6 Å². The summed E-state index contributed by atoms with van der Waals surface area (Å²) in [4.78, 5) is 23.7. The number of carbonyl (C=O) groups excluding carboxylic acids is 2. The lowest BCUT2D eigenvalue weighted by Gasteiger charge is -2.23. The van der Waals surface area contributed by atoms with Crippen LogP contribution in [0.3, 0.4) is 0 Å². The van der Waals surface area contributed by atoms with Crippen LogP contribution in [0.25, 0.3) is 0 Å². The third kappa shape index (κ3) is 4.11. The number of esters is 2. The van der Waals surface area contributed by atoms with E-state index in [1.54, 1.807) is 32.9 Å². The highest BCUT2D eigenvalue weighted by Crippen LogP contribution is 2.40. The van der Waals surface area contributed by atoms with Gasteiger partial charge in [-0.15, -0.1) is 0 Å². The van der Waals surface area contributed by atoms with Crippen molar-refractivity contribution in [2.24, 2.45) is 5.92 Å². The van der Waals surface area contributed by atoms with E-state index in [1.165, 1.54) is 0 Å². The van der Waals surface area contributed by atoms with Gasteiger partial charge in [0, 0.05) is 0 Å². The van der Waals surface area contributed by atoms with Crippen LogP contribution in [-0.4, -0.2) is 44.0 Å². The number of benzene rings is 1. The Bertz CT molecular complexity index is 616. The summed E-state index contributed by atoms with van der Waals surface area (Å²) in [6.45, 7) is 4.81. The molecule has 0 saturated heterocycles. The van der Waals surface area contributed by atoms with Gasteiger partial charge in [0.2, 0.25) is 6.79 Å². The van der Waals surface area contributed by atoms with Crippen LogP contribution in [0.1, 0.15) is 31.1 Å². The predicted molar refractivity (Wildman–Crippen MR) is 82.9 cm³/mol. The van der Waals surface area contributed by atoms with E-state index >= 15 is 0 Å². The lowest BCUT2D eigenvalue weighted by Crippen LogP contribution is -2.35. The zero-order chi connectivity index (χ0) is 17.7. The van der Waals surface area contributed by atoms with Crippen LogP contribution in [-0.2, 0) is 14.3 Å². The zero-order valence-electron chi connectivity index (χ0n) is 13.7. The van der Waals surface area contributed by atoms with Crippen molar-refractivity contribution in [1.29, 1.82) is 0 Å². The molecular weight excluding hydrogens is 319 g/mol. The van der Waals surface area contributed by atoms with Gasteiger partial charge in [-0.05, 0) is 19.1 Å². The van der Waals surface area contributed by atoms with Crippen LogP contribution in [0.2, 0.25) is 0 Å². The Kier molecular flexibility index (Phi) is 5.91. The molecule has 0 unspecified atom stereocenters. The summed E-state index contributed by atoms with van der Waals surface area (Å²) in [7, 11) is -1.21. The molecule has 1 N–H and O–H groups in total. The Hall–Kier alpha value is -2.42. The smallest absolute Gasteiger partial charge is 0.531 e.